The molecule has 0 bridgehead atoms. The number of anilines is 1. The molecule has 39 heavy (non-hydrogen) atoms. The van der Waals surface area contributed by atoms with Crippen LogP contribution in [-0.2, 0) is 14.3 Å². The molecule has 2 aromatic carbocycles. The van der Waals surface area contributed by atoms with Crippen LogP contribution in [0.5, 0.6) is 5.75 Å². The molecule has 0 saturated carbocycles. The van der Waals surface area contributed by atoms with E-state index >= 15 is 0 Å². The zero-order valence-corrected chi connectivity index (χ0v) is 23.8. The molecule has 2 atom stereocenters. The molecule has 0 spiro atoms. The Morgan fingerprint density at radius 3 is 2.44 bits per heavy atom. The maximum atomic E-state index is 13.9. The average molecular weight is 553 g/mol. The Balaban J connectivity index is 2.51. The molecular formula is C29H36N4O5S. The number of ether oxygens (including phenoxy) is 2. The molecule has 3 amide bonds. The Labute approximate surface area is 234 Å². The normalized spacial score (nSPS) is 12.3. The number of hydrogen-bond acceptors (Lipinski definition) is 7. The van der Waals surface area contributed by atoms with Crippen molar-refractivity contribution in [1.29, 1.82) is 5.26 Å². The second kappa shape index (κ2) is 14.8. The molecule has 2 unspecified atom stereocenters. The molecule has 208 valence electrons. The minimum Gasteiger partial charge on any atom is -0.497 e. The summed E-state index contributed by atoms with van der Waals surface area (Å²) in [7, 11) is 1.54. The zero-order valence-electron chi connectivity index (χ0n) is 23.0. The molecule has 0 aliphatic carbocycles. The van der Waals surface area contributed by atoms with Crippen molar-refractivity contribution in [3.63, 3.8) is 0 Å². The van der Waals surface area contributed by atoms with Crippen molar-refractivity contribution < 1.29 is 23.9 Å². The summed E-state index contributed by atoms with van der Waals surface area (Å²) in [5, 5.41) is 15.2. The Hall–Kier alpha value is -3.97. The van der Waals surface area contributed by atoms with Crippen molar-refractivity contribution in [3.8, 4) is 11.8 Å². The second-order valence-corrected chi connectivity index (χ2v) is 10.6. The van der Waals surface area contributed by atoms with Crippen LogP contribution in [0.2, 0.25) is 0 Å². The van der Waals surface area contributed by atoms with E-state index in [0.29, 0.717) is 22.8 Å². The summed E-state index contributed by atoms with van der Waals surface area (Å²) in [6.45, 7) is 8.57. The van der Waals surface area contributed by atoms with Crippen LogP contribution in [0.3, 0.4) is 0 Å². The van der Waals surface area contributed by atoms with Crippen molar-refractivity contribution in [1.82, 2.24) is 10.2 Å². The van der Waals surface area contributed by atoms with Gasteiger partial charge in [-0.05, 0) is 80.7 Å². The van der Waals surface area contributed by atoms with E-state index in [4.69, 9.17) is 9.47 Å². The molecule has 0 aliphatic heterocycles. The largest absolute Gasteiger partial charge is 0.497 e. The number of carbonyl (C=O) groups excluding carboxylic acids is 3. The standard InChI is InChI=1S/C29H36N4O5S/c1-7-20-9-8-10-21(19-20)25(26(34)31-22-11-13-23(37-5)14-12-22)33(17-16-30)27(35)24(15-18-39-6)32-28(36)38-29(2,3)4/h7-14,19,24-25H,1,15,17-18H2,2-6H3,(H,31,34)(H,32,36). The van der Waals surface area contributed by atoms with E-state index in [1.807, 2.05) is 18.4 Å². The number of hydrogen-bond donors (Lipinski definition) is 2. The molecule has 0 aliphatic rings. The monoisotopic (exact) mass is 552 g/mol. The molecule has 0 fully saturated rings. The smallest absolute Gasteiger partial charge is 0.408 e. The second-order valence-electron chi connectivity index (χ2n) is 9.60. The van der Waals surface area contributed by atoms with Crippen molar-refractivity contribution in [2.45, 2.75) is 44.9 Å². The summed E-state index contributed by atoms with van der Waals surface area (Å²) in [6.07, 6.45) is 3.03. The Kier molecular flexibility index (Phi) is 11.9. The van der Waals surface area contributed by atoms with Gasteiger partial charge < -0.3 is 25.0 Å². The fourth-order valence-electron chi connectivity index (χ4n) is 3.73. The number of alkyl carbamates (subject to hydrolysis) is 1. The van der Waals surface area contributed by atoms with Crippen LogP contribution in [0.1, 0.15) is 44.4 Å². The Bertz CT molecular complexity index is 1190. The van der Waals surface area contributed by atoms with Crippen LogP contribution >= 0.6 is 11.8 Å². The van der Waals surface area contributed by atoms with Crippen molar-refractivity contribution in [2.24, 2.45) is 0 Å². The van der Waals surface area contributed by atoms with Gasteiger partial charge in [-0.2, -0.15) is 17.0 Å². The summed E-state index contributed by atoms with van der Waals surface area (Å²) in [5.41, 5.74) is 0.948. The Morgan fingerprint density at radius 1 is 1.18 bits per heavy atom. The number of nitriles is 1. The van der Waals surface area contributed by atoms with Crippen LogP contribution in [-0.4, -0.2) is 60.1 Å². The van der Waals surface area contributed by atoms with Crippen molar-refractivity contribution >= 4 is 41.4 Å². The first-order valence-electron chi connectivity index (χ1n) is 12.4. The number of thioether (sulfide) groups is 1. The maximum absolute atomic E-state index is 13.9. The zero-order chi connectivity index (χ0) is 29.0. The number of benzene rings is 2. The highest BCUT2D eigenvalue weighted by atomic mass is 32.2. The summed E-state index contributed by atoms with van der Waals surface area (Å²) in [5.74, 6) is 0.0805. The molecule has 2 rings (SSSR count). The minimum atomic E-state index is -1.17. The number of rotatable bonds is 12. The number of amides is 3. The van der Waals surface area contributed by atoms with E-state index in [2.05, 4.69) is 17.2 Å². The van der Waals surface area contributed by atoms with Gasteiger partial charge in [0.15, 0.2) is 0 Å². The first kappa shape index (κ1) is 31.2. The number of nitrogens with one attached hydrogen (secondary N) is 2. The van der Waals surface area contributed by atoms with Crippen molar-refractivity contribution in [2.75, 3.05) is 31.0 Å². The predicted molar refractivity (Wildman–Crippen MR) is 154 cm³/mol. The van der Waals surface area contributed by atoms with E-state index in [-0.39, 0.29) is 13.0 Å². The SMILES string of the molecule is C=Cc1cccc(C(C(=O)Nc2ccc(OC)cc2)N(CC#N)C(=O)C(CCSC)NC(=O)OC(C)(C)C)c1. The molecule has 2 N–H and O–H groups in total. The number of methoxy groups -OCH3 is 1. The lowest BCUT2D eigenvalue weighted by Gasteiger charge is -2.33. The third-order valence-electron chi connectivity index (χ3n) is 5.50. The third-order valence-corrected chi connectivity index (χ3v) is 6.15. The lowest BCUT2D eigenvalue weighted by molar-refractivity contribution is -0.140. The van der Waals surface area contributed by atoms with E-state index in [1.54, 1.807) is 76.4 Å². The molecule has 9 nitrogen and oxygen atoms in total. The van der Waals surface area contributed by atoms with Crippen LogP contribution in [0.25, 0.3) is 6.08 Å². The molecule has 0 radical (unpaired) electrons. The number of carbonyl (C=O) groups is 3. The number of nitrogens with zero attached hydrogens (tertiary/aromatic N) is 2. The third kappa shape index (κ3) is 9.69. The highest BCUT2D eigenvalue weighted by molar-refractivity contribution is 7.98. The molecule has 2 aromatic rings. The fraction of sp³-hybridized carbons (Fsp3) is 0.379. The average Bonchev–Trinajstić information content (AvgIpc) is 2.90. The first-order valence-corrected chi connectivity index (χ1v) is 13.8. The van der Waals surface area contributed by atoms with Gasteiger partial charge in [0.2, 0.25) is 5.91 Å². The van der Waals surface area contributed by atoms with Gasteiger partial charge >= 0.3 is 6.09 Å². The minimum absolute atomic E-state index is 0.278. The summed E-state index contributed by atoms with van der Waals surface area (Å²) >= 11 is 1.50. The van der Waals surface area contributed by atoms with Gasteiger partial charge in [0.1, 0.15) is 30.0 Å². The Morgan fingerprint density at radius 2 is 1.87 bits per heavy atom. The van der Waals surface area contributed by atoms with Crippen LogP contribution in [0.4, 0.5) is 10.5 Å². The summed E-state index contributed by atoms with van der Waals surface area (Å²) in [4.78, 5) is 41.5. The lowest BCUT2D eigenvalue weighted by atomic mass is 10.00. The predicted octanol–water partition coefficient (Wildman–Crippen LogP) is 5.02. The molecule has 10 heteroatoms. The summed E-state index contributed by atoms with van der Waals surface area (Å²) < 4.78 is 10.5. The van der Waals surface area contributed by atoms with E-state index in [1.165, 1.54) is 16.7 Å². The lowest BCUT2D eigenvalue weighted by Crippen LogP contribution is -2.52. The first-order chi connectivity index (χ1) is 18.5. The van der Waals surface area contributed by atoms with Gasteiger partial charge in [-0.25, -0.2) is 4.79 Å². The van der Waals surface area contributed by atoms with Gasteiger partial charge in [-0.1, -0.05) is 30.9 Å². The van der Waals surface area contributed by atoms with E-state index < -0.39 is 35.6 Å². The van der Waals surface area contributed by atoms with Gasteiger partial charge in [-0.15, -0.1) is 0 Å². The summed E-state index contributed by atoms with van der Waals surface area (Å²) in [6, 6.07) is 13.6. The highest BCUT2D eigenvalue weighted by Gasteiger charge is 2.36. The molecule has 0 heterocycles. The molecule has 0 saturated heterocycles. The van der Waals surface area contributed by atoms with Crippen molar-refractivity contribution in [3.05, 3.63) is 66.2 Å². The van der Waals surface area contributed by atoms with E-state index in [0.717, 1.165) is 5.56 Å². The quantitative estimate of drug-likeness (QED) is 0.355. The van der Waals surface area contributed by atoms with Crippen LogP contribution in [0, 0.1) is 11.3 Å². The van der Waals surface area contributed by atoms with Gasteiger partial charge in [-0.3, -0.25) is 9.59 Å². The topological polar surface area (TPSA) is 121 Å². The van der Waals surface area contributed by atoms with Crippen LogP contribution < -0.4 is 15.4 Å². The van der Waals surface area contributed by atoms with Gasteiger partial charge in [0.05, 0.1) is 13.2 Å². The van der Waals surface area contributed by atoms with Gasteiger partial charge in [0.25, 0.3) is 5.91 Å². The van der Waals surface area contributed by atoms with Gasteiger partial charge in [0, 0.05) is 5.69 Å². The molecular weight excluding hydrogens is 516 g/mol. The van der Waals surface area contributed by atoms with Crippen LogP contribution in [0.15, 0.2) is 55.1 Å². The highest BCUT2D eigenvalue weighted by Crippen LogP contribution is 2.26. The maximum Gasteiger partial charge on any atom is 0.408 e. The van der Waals surface area contributed by atoms with E-state index in [9.17, 15) is 19.6 Å². The molecule has 0 aromatic heterocycles. The fourth-order valence-corrected chi connectivity index (χ4v) is 4.20.